The number of rotatable bonds is 5. The summed E-state index contributed by atoms with van der Waals surface area (Å²) in [7, 11) is 0. The highest BCUT2D eigenvalue weighted by atomic mass is 15.1. The molecule has 0 bridgehead atoms. The van der Waals surface area contributed by atoms with E-state index >= 15 is 0 Å². The van der Waals surface area contributed by atoms with Crippen molar-refractivity contribution in [3.05, 3.63) is 59.3 Å². The summed E-state index contributed by atoms with van der Waals surface area (Å²) in [5.41, 5.74) is 5.00. The third kappa shape index (κ3) is 3.72. The summed E-state index contributed by atoms with van der Waals surface area (Å²) < 4.78 is 2.02. The molecule has 2 rings (SSSR count). The van der Waals surface area contributed by atoms with Crippen molar-refractivity contribution in [1.29, 1.82) is 5.26 Å². The smallest absolute Gasteiger partial charge is 0.101 e. The van der Waals surface area contributed by atoms with Gasteiger partial charge in [0.15, 0.2) is 0 Å². The van der Waals surface area contributed by atoms with Crippen molar-refractivity contribution in [1.82, 2.24) is 14.8 Å². The van der Waals surface area contributed by atoms with Crippen LogP contribution in [0.3, 0.4) is 0 Å². The molecule has 0 saturated carbocycles. The molecule has 0 spiro atoms. The van der Waals surface area contributed by atoms with Gasteiger partial charge < -0.3 is 4.57 Å². The van der Waals surface area contributed by atoms with Crippen LogP contribution in [-0.2, 0) is 6.54 Å². The summed E-state index contributed by atoms with van der Waals surface area (Å²) in [6, 6.07) is 6.06. The summed E-state index contributed by atoms with van der Waals surface area (Å²) in [4.78, 5) is 4.57. The van der Waals surface area contributed by atoms with E-state index in [1.54, 1.807) is 6.20 Å². The highest BCUT2D eigenvalue weighted by molar-refractivity contribution is 6.05. The second-order valence-electron chi connectivity index (χ2n) is 5.84. The maximum atomic E-state index is 9.52. The minimum Gasteiger partial charge on any atom is -0.344 e. The summed E-state index contributed by atoms with van der Waals surface area (Å²) in [5.74, 6) is 0.199. The van der Waals surface area contributed by atoms with Crippen molar-refractivity contribution in [2.24, 2.45) is 10.9 Å². The maximum Gasteiger partial charge on any atom is 0.101 e. The van der Waals surface area contributed by atoms with Crippen LogP contribution in [0, 0.1) is 24.2 Å². The normalized spacial score (nSPS) is 11.6. The number of aliphatic imine (C=N–C) groups is 1. The van der Waals surface area contributed by atoms with E-state index in [1.165, 1.54) is 0 Å². The van der Waals surface area contributed by atoms with Crippen molar-refractivity contribution in [2.75, 3.05) is 0 Å². The van der Waals surface area contributed by atoms with E-state index in [0.717, 1.165) is 28.4 Å². The Kier molecular flexibility index (Phi) is 5.07. The molecule has 0 aliphatic carbocycles. The molecule has 118 valence electrons. The lowest BCUT2D eigenvalue weighted by Crippen LogP contribution is -2.13. The first-order valence-corrected chi connectivity index (χ1v) is 7.55. The van der Waals surface area contributed by atoms with Crippen LogP contribution in [0.25, 0.3) is 0 Å². The molecule has 0 fully saturated rings. The quantitative estimate of drug-likeness (QED) is 0.794. The van der Waals surface area contributed by atoms with Gasteiger partial charge in [0.1, 0.15) is 6.07 Å². The summed E-state index contributed by atoms with van der Waals surface area (Å²) >= 11 is 0. The second kappa shape index (κ2) is 7.01. The summed E-state index contributed by atoms with van der Waals surface area (Å²) in [6.07, 6.45) is 3.50. The Morgan fingerprint density at radius 3 is 2.74 bits per heavy atom. The Morgan fingerprint density at radius 2 is 2.22 bits per heavy atom. The SMILES string of the molecule is C=C(C)N=C(c1c(C#N)cn(Cc2cccnn2)c1C)C(C)C. The number of allylic oxidation sites excluding steroid dienone is 1. The van der Waals surface area contributed by atoms with Crippen molar-refractivity contribution in [3.63, 3.8) is 0 Å². The van der Waals surface area contributed by atoms with Gasteiger partial charge in [-0.3, -0.25) is 4.99 Å². The van der Waals surface area contributed by atoms with Gasteiger partial charge in [-0.25, -0.2) is 0 Å². The molecular weight excluding hydrogens is 286 g/mol. The van der Waals surface area contributed by atoms with Crippen LogP contribution >= 0.6 is 0 Å². The number of hydrogen-bond donors (Lipinski definition) is 0. The van der Waals surface area contributed by atoms with E-state index in [4.69, 9.17) is 0 Å². The molecule has 23 heavy (non-hydrogen) atoms. The predicted octanol–water partition coefficient (Wildman–Crippen LogP) is 3.49. The van der Waals surface area contributed by atoms with E-state index in [2.05, 4.69) is 41.7 Å². The van der Waals surface area contributed by atoms with Crippen molar-refractivity contribution in [3.8, 4) is 6.07 Å². The van der Waals surface area contributed by atoms with Crippen LogP contribution in [0.1, 0.15) is 43.3 Å². The number of aromatic nitrogens is 3. The summed E-state index contributed by atoms with van der Waals surface area (Å²) in [6.45, 7) is 12.5. The van der Waals surface area contributed by atoms with Gasteiger partial charge in [-0.05, 0) is 31.9 Å². The molecule has 0 N–H and O–H groups in total. The largest absolute Gasteiger partial charge is 0.344 e. The average Bonchev–Trinajstić information content (AvgIpc) is 2.81. The molecule has 0 atom stereocenters. The first-order valence-electron chi connectivity index (χ1n) is 7.55. The third-order valence-electron chi connectivity index (χ3n) is 3.54. The molecule has 0 saturated heterocycles. The molecular formula is C18H21N5. The fourth-order valence-electron chi connectivity index (χ4n) is 2.50. The van der Waals surface area contributed by atoms with Gasteiger partial charge in [0.25, 0.3) is 0 Å². The summed E-state index contributed by atoms with van der Waals surface area (Å²) in [5, 5.41) is 17.5. The van der Waals surface area contributed by atoms with Crippen LogP contribution in [0.2, 0.25) is 0 Å². The lowest BCUT2D eigenvalue weighted by atomic mass is 9.97. The van der Waals surface area contributed by atoms with E-state index in [1.807, 2.05) is 36.7 Å². The predicted molar refractivity (Wildman–Crippen MR) is 91.2 cm³/mol. The molecule has 2 heterocycles. The monoisotopic (exact) mass is 307 g/mol. The Hall–Kier alpha value is -2.74. The lowest BCUT2D eigenvalue weighted by Gasteiger charge is -2.12. The topological polar surface area (TPSA) is 66.9 Å². The number of nitriles is 1. The fraction of sp³-hybridized carbons (Fsp3) is 0.333. The zero-order valence-electron chi connectivity index (χ0n) is 14.0. The van der Waals surface area contributed by atoms with Crippen molar-refractivity contribution in [2.45, 2.75) is 34.2 Å². The van der Waals surface area contributed by atoms with Crippen molar-refractivity contribution >= 4 is 5.71 Å². The van der Waals surface area contributed by atoms with Gasteiger partial charge >= 0.3 is 0 Å². The van der Waals surface area contributed by atoms with Crippen LogP contribution in [-0.4, -0.2) is 20.5 Å². The standard InChI is InChI=1S/C18H21N5/c1-12(2)18(21-13(3)4)17-14(5)23(10-15(17)9-19)11-16-7-6-8-20-22-16/h6-8,10,12H,3,11H2,1-2,4-5H3. The number of hydrogen-bond acceptors (Lipinski definition) is 4. The number of nitrogens with zero attached hydrogens (tertiary/aromatic N) is 5. The zero-order valence-corrected chi connectivity index (χ0v) is 14.0. The highest BCUT2D eigenvalue weighted by Gasteiger charge is 2.20. The zero-order chi connectivity index (χ0) is 17.0. The van der Waals surface area contributed by atoms with Gasteiger partial charge in [-0.15, -0.1) is 0 Å². The Morgan fingerprint density at radius 1 is 1.48 bits per heavy atom. The van der Waals surface area contributed by atoms with Gasteiger partial charge in [0, 0.05) is 29.3 Å². The molecule has 2 aromatic rings. The Balaban J connectivity index is 2.53. The second-order valence-corrected chi connectivity index (χ2v) is 5.84. The maximum absolute atomic E-state index is 9.52. The molecule has 0 radical (unpaired) electrons. The average molecular weight is 307 g/mol. The molecule has 5 heteroatoms. The molecule has 0 unspecified atom stereocenters. The van der Waals surface area contributed by atoms with Crippen LogP contribution in [0.15, 0.2) is 41.8 Å². The van der Waals surface area contributed by atoms with E-state index < -0.39 is 0 Å². The minimum absolute atomic E-state index is 0.199. The molecule has 0 amide bonds. The first kappa shape index (κ1) is 16.6. The molecule has 0 aliphatic rings. The molecule has 0 aromatic carbocycles. The van der Waals surface area contributed by atoms with Crippen molar-refractivity contribution < 1.29 is 0 Å². The molecule has 5 nitrogen and oxygen atoms in total. The van der Waals surface area contributed by atoms with Gasteiger partial charge in [0.2, 0.25) is 0 Å². The van der Waals surface area contributed by atoms with Gasteiger partial charge in [0.05, 0.1) is 23.5 Å². The van der Waals surface area contributed by atoms with Crippen LogP contribution in [0.5, 0.6) is 0 Å². The van der Waals surface area contributed by atoms with E-state index in [9.17, 15) is 5.26 Å². The lowest BCUT2D eigenvalue weighted by molar-refractivity contribution is 0.735. The third-order valence-corrected chi connectivity index (χ3v) is 3.54. The molecule has 2 aromatic heterocycles. The Labute approximate surface area is 137 Å². The van der Waals surface area contributed by atoms with E-state index in [-0.39, 0.29) is 5.92 Å². The Bertz CT molecular complexity index is 776. The first-order chi connectivity index (χ1) is 10.9. The van der Waals surface area contributed by atoms with E-state index in [0.29, 0.717) is 12.1 Å². The highest BCUT2D eigenvalue weighted by Crippen LogP contribution is 2.23. The van der Waals surface area contributed by atoms with Crippen LogP contribution in [0.4, 0.5) is 0 Å². The minimum atomic E-state index is 0.199. The van der Waals surface area contributed by atoms with Crippen LogP contribution < -0.4 is 0 Å². The van der Waals surface area contributed by atoms with Gasteiger partial charge in [-0.1, -0.05) is 20.4 Å². The van der Waals surface area contributed by atoms with Gasteiger partial charge in [-0.2, -0.15) is 15.5 Å². The fourth-order valence-corrected chi connectivity index (χ4v) is 2.50. The molecule has 0 aliphatic heterocycles.